The Labute approximate surface area is 130 Å². The Morgan fingerprint density at radius 2 is 1.65 bits per heavy atom. The fraction of sp³-hybridized carbons (Fsp3) is 1.00. The molecule has 0 aromatic heterocycles. The fourth-order valence-electron chi connectivity index (χ4n) is 4.85. The van der Waals surface area contributed by atoms with Crippen LogP contribution in [0.15, 0.2) is 0 Å². The highest BCUT2D eigenvalue weighted by Gasteiger charge is 2.63. The van der Waals surface area contributed by atoms with E-state index in [1.807, 2.05) is 0 Å². The van der Waals surface area contributed by atoms with Gasteiger partial charge in [-0.25, -0.2) is 0 Å². The van der Waals surface area contributed by atoms with Crippen molar-refractivity contribution in [3.63, 3.8) is 0 Å². The first-order valence-corrected chi connectivity index (χ1v) is 14.9. The van der Waals surface area contributed by atoms with Gasteiger partial charge in [0.2, 0.25) is 0 Å². The fourth-order valence-corrected chi connectivity index (χ4v) is 13.9. The molecule has 1 aliphatic rings. The Hall–Kier alpha value is 0.394. The molecular formula is C17H38OSi2. The average molecular weight is 315 g/mol. The van der Waals surface area contributed by atoms with Crippen molar-refractivity contribution in [3.05, 3.63) is 0 Å². The summed E-state index contributed by atoms with van der Waals surface area (Å²) in [5.74, 6) is 0.769. The molecule has 0 spiro atoms. The van der Waals surface area contributed by atoms with Crippen LogP contribution < -0.4 is 0 Å². The van der Waals surface area contributed by atoms with Gasteiger partial charge in [-0.1, -0.05) is 60.7 Å². The van der Waals surface area contributed by atoms with E-state index < -0.39 is 16.4 Å². The maximum absolute atomic E-state index is 7.19. The van der Waals surface area contributed by atoms with Crippen LogP contribution in [0.1, 0.15) is 60.3 Å². The van der Waals surface area contributed by atoms with Crippen molar-refractivity contribution in [2.24, 2.45) is 5.92 Å². The van der Waals surface area contributed by atoms with E-state index in [1.165, 1.54) is 31.7 Å². The minimum atomic E-state index is -1.59. The first-order chi connectivity index (χ1) is 9.04. The third-order valence-corrected chi connectivity index (χ3v) is 15.8. The van der Waals surface area contributed by atoms with Gasteiger partial charge in [0.1, 0.15) is 0 Å². The van der Waals surface area contributed by atoms with Crippen LogP contribution in [0.5, 0.6) is 0 Å². The van der Waals surface area contributed by atoms with Crippen LogP contribution in [0, 0.1) is 5.92 Å². The summed E-state index contributed by atoms with van der Waals surface area (Å²) in [5.41, 5.74) is 0. The molecule has 1 heterocycles. The summed E-state index contributed by atoms with van der Waals surface area (Å²) in [6, 6.07) is 1.38. The van der Waals surface area contributed by atoms with Crippen LogP contribution in [-0.2, 0) is 4.43 Å². The zero-order chi connectivity index (χ0) is 15.8. The first kappa shape index (κ1) is 18.4. The lowest BCUT2D eigenvalue weighted by Gasteiger charge is -2.62. The number of hydrogen-bond acceptors (Lipinski definition) is 1. The van der Waals surface area contributed by atoms with Gasteiger partial charge in [-0.05, 0) is 42.8 Å². The van der Waals surface area contributed by atoms with Gasteiger partial charge in [-0.15, -0.1) is 0 Å². The average Bonchev–Trinajstić information content (AvgIpc) is 2.33. The van der Waals surface area contributed by atoms with Crippen molar-refractivity contribution < 1.29 is 4.43 Å². The van der Waals surface area contributed by atoms with Crippen LogP contribution in [0.2, 0.25) is 37.3 Å². The quantitative estimate of drug-likeness (QED) is 0.506. The lowest BCUT2D eigenvalue weighted by atomic mass is 9.88. The second-order valence-corrected chi connectivity index (χ2v) is 18.0. The highest BCUT2D eigenvalue weighted by molar-refractivity contribution is 6.83. The van der Waals surface area contributed by atoms with E-state index in [0.717, 1.165) is 5.92 Å². The zero-order valence-corrected chi connectivity index (χ0v) is 17.5. The van der Waals surface area contributed by atoms with Gasteiger partial charge in [-0.3, -0.25) is 0 Å². The smallest absolute Gasteiger partial charge is 0.196 e. The van der Waals surface area contributed by atoms with E-state index in [0.29, 0.717) is 5.04 Å². The van der Waals surface area contributed by atoms with E-state index in [2.05, 4.69) is 60.8 Å². The summed E-state index contributed by atoms with van der Waals surface area (Å²) in [6.07, 6.45) is 5.10. The molecule has 2 atom stereocenters. The Morgan fingerprint density at radius 3 is 1.85 bits per heavy atom. The summed E-state index contributed by atoms with van der Waals surface area (Å²) >= 11 is 0. The van der Waals surface area contributed by atoms with Crippen molar-refractivity contribution in [3.8, 4) is 0 Å². The van der Waals surface area contributed by atoms with Crippen molar-refractivity contribution in [2.45, 2.75) is 103 Å². The van der Waals surface area contributed by atoms with Crippen LogP contribution in [0.3, 0.4) is 0 Å². The van der Waals surface area contributed by atoms with Gasteiger partial charge in [0, 0.05) is 5.22 Å². The van der Waals surface area contributed by atoms with E-state index in [4.69, 9.17) is 4.43 Å². The second kappa shape index (κ2) is 5.88. The molecule has 1 fully saturated rings. The Balaban J connectivity index is 3.11. The van der Waals surface area contributed by atoms with Crippen LogP contribution in [-0.4, -0.2) is 21.6 Å². The molecule has 0 aliphatic carbocycles. The van der Waals surface area contributed by atoms with E-state index in [-0.39, 0.29) is 5.22 Å². The molecule has 3 heteroatoms. The molecule has 1 aliphatic heterocycles. The summed E-state index contributed by atoms with van der Waals surface area (Å²) in [7, 11) is -2.92. The highest BCUT2D eigenvalue weighted by Crippen LogP contribution is 2.64. The molecule has 0 aromatic rings. The summed E-state index contributed by atoms with van der Waals surface area (Å²) in [5, 5.41) is 0.728. The van der Waals surface area contributed by atoms with Crippen LogP contribution >= 0.6 is 0 Å². The van der Waals surface area contributed by atoms with Crippen molar-refractivity contribution in [1.29, 1.82) is 0 Å². The third-order valence-electron chi connectivity index (χ3n) is 6.77. The van der Waals surface area contributed by atoms with Gasteiger partial charge >= 0.3 is 0 Å². The molecule has 1 rings (SSSR count). The van der Waals surface area contributed by atoms with E-state index in [9.17, 15) is 0 Å². The predicted octanol–water partition coefficient (Wildman–Crippen LogP) is 6.22. The minimum Gasteiger partial charge on any atom is -0.414 e. The Bertz CT molecular complexity index is 326. The van der Waals surface area contributed by atoms with Crippen molar-refractivity contribution >= 4 is 16.4 Å². The molecule has 0 radical (unpaired) electrons. The summed E-state index contributed by atoms with van der Waals surface area (Å²) in [4.78, 5) is 0. The molecule has 0 amide bonds. The molecule has 0 saturated carbocycles. The number of rotatable bonds is 7. The van der Waals surface area contributed by atoms with E-state index in [1.54, 1.807) is 0 Å². The SMILES string of the molecule is CCC(CC)(O[Si]1(C)CCC1(CC)C(C)C)[Si](C)(C)C. The molecular weight excluding hydrogens is 276 g/mol. The minimum absolute atomic E-state index is 0.198. The number of hydrogen-bond donors (Lipinski definition) is 0. The van der Waals surface area contributed by atoms with Crippen LogP contribution in [0.4, 0.5) is 0 Å². The molecule has 20 heavy (non-hydrogen) atoms. The first-order valence-electron chi connectivity index (χ1n) is 8.74. The van der Waals surface area contributed by atoms with Gasteiger partial charge in [0.25, 0.3) is 0 Å². The van der Waals surface area contributed by atoms with Gasteiger partial charge < -0.3 is 4.43 Å². The van der Waals surface area contributed by atoms with Crippen molar-refractivity contribution in [2.75, 3.05) is 0 Å². The topological polar surface area (TPSA) is 9.23 Å². The standard InChI is InChI=1S/C17H38OSi2/c1-10-16(15(4)5)13-14-20(16,9)18-17(11-2,12-3)19(6,7)8/h15H,10-14H2,1-9H3. The lowest BCUT2D eigenvalue weighted by molar-refractivity contribution is 0.0869. The molecule has 0 aromatic carbocycles. The maximum atomic E-state index is 7.19. The van der Waals surface area contributed by atoms with E-state index >= 15 is 0 Å². The molecule has 120 valence electrons. The summed E-state index contributed by atoms with van der Waals surface area (Å²) in [6.45, 7) is 22.0. The largest absolute Gasteiger partial charge is 0.414 e. The Kier molecular flexibility index (Phi) is 5.43. The third kappa shape index (κ3) is 2.59. The lowest BCUT2D eigenvalue weighted by Crippen LogP contribution is -2.67. The van der Waals surface area contributed by atoms with Crippen molar-refractivity contribution in [1.82, 2.24) is 0 Å². The predicted molar refractivity (Wildman–Crippen MR) is 96.6 cm³/mol. The zero-order valence-electron chi connectivity index (χ0n) is 15.5. The van der Waals surface area contributed by atoms with Gasteiger partial charge in [-0.2, -0.15) is 0 Å². The molecule has 1 saturated heterocycles. The monoisotopic (exact) mass is 314 g/mol. The van der Waals surface area contributed by atoms with Gasteiger partial charge in [0.15, 0.2) is 8.32 Å². The molecule has 1 nitrogen and oxygen atoms in total. The maximum Gasteiger partial charge on any atom is 0.196 e. The van der Waals surface area contributed by atoms with Gasteiger partial charge in [0.05, 0.1) is 8.07 Å². The molecule has 2 unspecified atom stereocenters. The Morgan fingerprint density at radius 1 is 1.15 bits per heavy atom. The van der Waals surface area contributed by atoms with Crippen LogP contribution in [0.25, 0.3) is 0 Å². The molecule has 0 N–H and O–H groups in total. The summed E-state index contributed by atoms with van der Waals surface area (Å²) < 4.78 is 7.19. The second-order valence-electron chi connectivity index (χ2n) is 8.45. The highest BCUT2D eigenvalue weighted by atomic mass is 28.4. The molecule has 0 bridgehead atoms. The normalized spacial score (nSPS) is 31.5.